The standard InChI is InChI=1S/C21H21F2NO5S/c1-14-5-7-16(30(27,28)24-9-3-2-4-10-24)12-17(14)21(26)29-13-20(25)15-6-8-18(22)19(23)11-15/h5-8,11-12H,2-4,9-10,13H2,1H3. The lowest BCUT2D eigenvalue weighted by Crippen LogP contribution is -2.35. The zero-order chi connectivity index (χ0) is 21.9. The van der Waals surface area contributed by atoms with Crippen molar-refractivity contribution in [1.82, 2.24) is 4.31 Å². The maximum atomic E-state index is 13.3. The predicted molar refractivity (Wildman–Crippen MR) is 105 cm³/mol. The Labute approximate surface area is 173 Å². The van der Waals surface area contributed by atoms with Gasteiger partial charge in [0, 0.05) is 18.7 Å². The summed E-state index contributed by atoms with van der Waals surface area (Å²) < 4.78 is 58.3. The van der Waals surface area contributed by atoms with Gasteiger partial charge in [-0.25, -0.2) is 22.0 Å². The first kappa shape index (κ1) is 22.0. The van der Waals surface area contributed by atoms with Crippen molar-refractivity contribution in [3.8, 4) is 0 Å². The lowest BCUT2D eigenvalue weighted by molar-refractivity contribution is 0.0473. The number of Topliss-reactive ketones (excluding diaryl/α,β-unsaturated/α-hetero) is 1. The highest BCUT2D eigenvalue weighted by Crippen LogP contribution is 2.23. The van der Waals surface area contributed by atoms with Crippen molar-refractivity contribution in [2.45, 2.75) is 31.1 Å². The van der Waals surface area contributed by atoms with Crippen LogP contribution in [0.5, 0.6) is 0 Å². The first-order chi connectivity index (χ1) is 14.2. The molecule has 0 aliphatic carbocycles. The monoisotopic (exact) mass is 437 g/mol. The molecule has 0 unspecified atom stereocenters. The minimum absolute atomic E-state index is 0.0196. The van der Waals surface area contributed by atoms with Crippen LogP contribution in [0.3, 0.4) is 0 Å². The average Bonchev–Trinajstić information content (AvgIpc) is 2.74. The summed E-state index contributed by atoms with van der Waals surface area (Å²) in [7, 11) is -3.74. The van der Waals surface area contributed by atoms with Gasteiger partial charge in [0.1, 0.15) is 0 Å². The third kappa shape index (κ3) is 4.73. The SMILES string of the molecule is Cc1ccc(S(=O)(=O)N2CCCCC2)cc1C(=O)OCC(=O)c1ccc(F)c(F)c1. The first-order valence-electron chi connectivity index (χ1n) is 9.46. The average molecular weight is 437 g/mol. The fourth-order valence-corrected chi connectivity index (χ4v) is 4.74. The molecule has 0 saturated carbocycles. The molecule has 2 aromatic rings. The molecule has 1 aliphatic heterocycles. The maximum Gasteiger partial charge on any atom is 0.338 e. The smallest absolute Gasteiger partial charge is 0.338 e. The molecule has 0 spiro atoms. The van der Waals surface area contributed by atoms with Crippen LogP contribution in [-0.4, -0.2) is 44.2 Å². The van der Waals surface area contributed by atoms with Crippen molar-refractivity contribution in [1.29, 1.82) is 0 Å². The number of halogens is 2. The number of sulfonamides is 1. The van der Waals surface area contributed by atoms with E-state index < -0.39 is 40.0 Å². The quantitative estimate of drug-likeness (QED) is 0.511. The van der Waals surface area contributed by atoms with Crippen LogP contribution >= 0.6 is 0 Å². The van der Waals surface area contributed by atoms with E-state index in [-0.39, 0.29) is 16.0 Å². The van der Waals surface area contributed by atoms with Crippen molar-refractivity contribution in [2.75, 3.05) is 19.7 Å². The van der Waals surface area contributed by atoms with Crippen molar-refractivity contribution in [3.63, 3.8) is 0 Å². The third-order valence-electron chi connectivity index (χ3n) is 4.96. The Morgan fingerprint density at radius 2 is 1.70 bits per heavy atom. The Hall–Kier alpha value is -2.65. The first-order valence-corrected chi connectivity index (χ1v) is 10.9. The summed E-state index contributed by atoms with van der Waals surface area (Å²) in [5.74, 6) is -3.86. The summed E-state index contributed by atoms with van der Waals surface area (Å²) in [6, 6.07) is 6.80. The van der Waals surface area contributed by atoms with Gasteiger partial charge in [-0.1, -0.05) is 12.5 Å². The van der Waals surface area contributed by atoms with Crippen molar-refractivity contribution in [2.24, 2.45) is 0 Å². The summed E-state index contributed by atoms with van der Waals surface area (Å²) in [4.78, 5) is 24.5. The summed E-state index contributed by atoms with van der Waals surface area (Å²) in [5.41, 5.74) is 0.365. The van der Waals surface area contributed by atoms with Gasteiger partial charge in [0.15, 0.2) is 24.0 Å². The van der Waals surface area contributed by atoms with Crippen molar-refractivity contribution >= 4 is 21.8 Å². The number of hydrogen-bond donors (Lipinski definition) is 0. The molecule has 0 N–H and O–H groups in total. The molecule has 1 heterocycles. The van der Waals surface area contributed by atoms with Gasteiger partial charge in [-0.2, -0.15) is 4.31 Å². The van der Waals surface area contributed by atoms with Crippen LogP contribution in [0.1, 0.15) is 45.5 Å². The van der Waals surface area contributed by atoms with E-state index in [1.54, 1.807) is 6.92 Å². The molecule has 6 nitrogen and oxygen atoms in total. The number of ether oxygens (including phenoxy) is 1. The minimum atomic E-state index is -3.74. The second-order valence-corrected chi connectivity index (χ2v) is 9.01. The highest BCUT2D eigenvalue weighted by molar-refractivity contribution is 7.89. The minimum Gasteiger partial charge on any atom is -0.454 e. The highest BCUT2D eigenvalue weighted by Gasteiger charge is 2.27. The summed E-state index contributed by atoms with van der Waals surface area (Å²) in [6.07, 6.45) is 2.54. The normalized spacial score (nSPS) is 15.0. The molecule has 2 aromatic carbocycles. The highest BCUT2D eigenvalue weighted by atomic mass is 32.2. The van der Waals surface area contributed by atoms with Crippen molar-refractivity contribution in [3.05, 3.63) is 64.7 Å². The zero-order valence-electron chi connectivity index (χ0n) is 16.4. The van der Waals surface area contributed by atoms with E-state index in [9.17, 15) is 26.8 Å². The molecule has 0 bridgehead atoms. The molecule has 0 atom stereocenters. The number of benzene rings is 2. The van der Waals surface area contributed by atoms with Crippen molar-refractivity contribution < 1.29 is 31.5 Å². The van der Waals surface area contributed by atoms with E-state index in [2.05, 4.69) is 0 Å². The number of esters is 1. The van der Waals surface area contributed by atoms with Gasteiger partial charge in [0.2, 0.25) is 10.0 Å². The molecule has 30 heavy (non-hydrogen) atoms. The Morgan fingerprint density at radius 1 is 1.00 bits per heavy atom. The fourth-order valence-electron chi connectivity index (χ4n) is 3.20. The lowest BCUT2D eigenvalue weighted by Gasteiger charge is -2.26. The number of piperidine rings is 1. The van der Waals surface area contributed by atoms with Gasteiger partial charge in [0.25, 0.3) is 0 Å². The lowest BCUT2D eigenvalue weighted by atomic mass is 10.1. The van der Waals surface area contributed by atoms with Gasteiger partial charge in [-0.05, 0) is 55.7 Å². The van der Waals surface area contributed by atoms with Gasteiger partial charge in [-0.3, -0.25) is 4.79 Å². The van der Waals surface area contributed by atoms with E-state index in [1.807, 2.05) is 0 Å². The molecule has 1 fully saturated rings. The number of carbonyl (C=O) groups excluding carboxylic acids is 2. The van der Waals surface area contributed by atoms with E-state index in [4.69, 9.17) is 4.74 Å². The molecule has 0 radical (unpaired) electrons. The number of carbonyl (C=O) groups is 2. The van der Waals surface area contributed by atoms with Gasteiger partial charge >= 0.3 is 5.97 Å². The number of hydrogen-bond acceptors (Lipinski definition) is 5. The van der Waals surface area contributed by atoms with Gasteiger partial charge in [0.05, 0.1) is 10.5 Å². The van der Waals surface area contributed by atoms with Crippen LogP contribution in [0.4, 0.5) is 8.78 Å². The summed E-state index contributed by atoms with van der Waals surface area (Å²) in [5, 5.41) is 0. The van der Waals surface area contributed by atoms with Gasteiger partial charge in [-0.15, -0.1) is 0 Å². The number of ketones is 1. The van der Waals surface area contributed by atoms with E-state index in [1.165, 1.54) is 22.5 Å². The zero-order valence-corrected chi connectivity index (χ0v) is 17.2. The van der Waals surface area contributed by atoms with E-state index in [0.717, 1.165) is 37.5 Å². The molecule has 1 aliphatic rings. The van der Waals surface area contributed by atoms with Crippen LogP contribution in [0, 0.1) is 18.6 Å². The molecular formula is C21H21F2NO5S. The Kier molecular flexibility index (Phi) is 6.62. The largest absolute Gasteiger partial charge is 0.454 e. The van der Waals surface area contributed by atoms with E-state index in [0.29, 0.717) is 18.7 Å². The maximum absolute atomic E-state index is 13.3. The molecular weight excluding hydrogens is 416 g/mol. The number of rotatable bonds is 6. The van der Waals surface area contributed by atoms with Gasteiger partial charge < -0.3 is 4.74 Å². The third-order valence-corrected chi connectivity index (χ3v) is 6.85. The Balaban J connectivity index is 1.75. The fraction of sp³-hybridized carbons (Fsp3) is 0.333. The summed E-state index contributed by atoms with van der Waals surface area (Å²) >= 11 is 0. The molecule has 3 rings (SSSR count). The Morgan fingerprint density at radius 3 is 2.37 bits per heavy atom. The predicted octanol–water partition coefficient (Wildman–Crippen LogP) is 3.49. The van der Waals surface area contributed by atoms with Crippen LogP contribution in [0.25, 0.3) is 0 Å². The molecule has 9 heteroatoms. The molecule has 0 aromatic heterocycles. The van der Waals surface area contributed by atoms with Crippen LogP contribution in [0.2, 0.25) is 0 Å². The Bertz CT molecular complexity index is 1080. The number of aryl methyl sites for hydroxylation is 1. The topological polar surface area (TPSA) is 80.8 Å². The van der Waals surface area contributed by atoms with E-state index >= 15 is 0 Å². The van der Waals surface area contributed by atoms with Crippen LogP contribution < -0.4 is 0 Å². The molecule has 160 valence electrons. The summed E-state index contributed by atoms with van der Waals surface area (Å²) in [6.45, 7) is 1.79. The van der Waals surface area contributed by atoms with Crippen LogP contribution in [0.15, 0.2) is 41.3 Å². The van der Waals surface area contributed by atoms with Crippen LogP contribution in [-0.2, 0) is 14.8 Å². The molecule has 0 amide bonds. The molecule has 1 saturated heterocycles. The number of nitrogens with zero attached hydrogens (tertiary/aromatic N) is 1. The second-order valence-electron chi connectivity index (χ2n) is 7.07. The second kappa shape index (κ2) is 9.01.